The summed E-state index contributed by atoms with van der Waals surface area (Å²) in [6, 6.07) is 14.2. The van der Waals surface area contributed by atoms with Crippen LogP contribution >= 0.6 is 11.3 Å². The van der Waals surface area contributed by atoms with Gasteiger partial charge in [-0.15, -0.1) is 11.3 Å². The highest BCUT2D eigenvalue weighted by Crippen LogP contribution is 2.43. The van der Waals surface area contributed by atoms with Crippen LogP contribution in [0.5, 0.6) is 0 Å². The van der Waals surface area contributed by atoms with Crippen LogP contribution < -0.4 is 5.32 Å². The Morgan fingerprint density at radius 3 is 2.61 bits per heavy atom. The predicted octanol–water partition coefficient (Wildman–Crippen LogP) is 4.94. The molecule has 1 amide bonds. The number of thiazole rings is 1. The zero-order valence-electron chi connectivity index (χ0n) is 18.8. The number of nitrogens with one attached hydrogen (secondary N) is 2. The first-order valence-electron chi connectivity index (χ1n) is 10.6. The van der Waals surface area contributed by atoms with Crippen molar-refractivity contribution in [2.24, 2.45) is 0 Å². The second kappa shape index (κ2) is 8.41. The summed E-state index contributed by atoms with van der Waals surface area (Å²) in [5.41, 5.74) is 1.70. The van der Waals surface area contributed by atoms with Gasteiger partial charge in [0.05, 0.1) is 16.4 Å². The van der Waals surface area contributed by atoms with Crippen LogP contribution in [-0.2, 0) is 10.3 Å². The standard InChI is InChI=1S/C25H24FN5OS/c1-14(2)15-5-7-16(8-6-15)21-22(32)31(4)24(28)30-25(21,3)23-29-13-20(33-23)17-9-10-19(26)18(11-17)12-27/h5-11,13-14,21H,1-4H3,(H2,28,30)/t21-,25+/m1/s1. The lowest BCUT2D eigenvalue weighted by molar-refractivity contribution is -0.131. The molecule has 0 aliphatic carbocycles. The lowest BCUT2D eigenvalue weighted by Gasteiger charge is -2.44. The first-order valence-corrected chi connectivity index (χ1v) is 11.4. The van der Waals surface area contributed by atoms with Crippen LogP contribution in [0, 0.1) is 22.6 Å². The number of hydrogen-bond donors (Lipinski definition) is 2. The van der Waals surface area contributed by atoms with Crippen molar-refractivity contribution in [2.75, 3.05) is 7.05 Å². The molecule has 168 valence electrons. The molecule has 1 saturated heterocycles. The molecule has 33 heavy (non-hydrogen) atoms. The number of carbonyl (C=O) groups is 1. The fourth-order valence-electron chi connectivity index (χ4n) is 4.09. The number of hydrogen-bond acceptors (Lipinski definition) is 5. The first kappa shape index (κ1) is 22.6. The fraction of sp³-hybridized carbons (Fsp3) is 0.280. The van der Waals surface area contributed by atoms with Gasteiger partial charge in [-0.05, 0) is 41.7 Å². The van der Waals surface area contributed by atoms with Gasteiger partial charge >= 0.3 is 0 Å². The molecule has 0 bridgehead atoms. The SMILES string of the molecule is CC(C)c1ccc([C@@H]2C(=O)N(C)C(=N)N[C@]2(C)c2ncc(-c3ccc(F)c(C#N)c3)s2)cc1. The minimum absolute atomic E-state index is 0.00264. The molecule has 2 N–H and O–H groups in total. The third-order valence-corrected chi connectivity index (χ3v) is 7.41. The zero-order chi connectivity index (χ0) is 23.9. The van der Waals surface area contributed by atoms with E-state index in [-0.39, 0.29) is 17.4 Å². The van der Waals surface area contributed by atoms with Crippen LogP contribution in [0.25, 0.3) is 10.4 Å². The van der Waals surface area contributed by atoms with Gasteiger partial charge in [0.25, 0.3) is 0 Å². The van der Waals surface area contributed by atoms with Crippen LogP contribution in [-0.4, -0.2) is 28.8 Å². The fourth-order valence-corrected chi connectivity index (χ4v) is 5.14. The molecule has 1 aliphatic rings. The van der Waals surface area contributed by atoms with Crippen molar-refractivity contribution in [1.29, 1.82) is 10.7 Å². The van der Waals surface area contributed by atoms with Crippen LogP contribution in [0.3, 0.4) is 0 Å². The molecule has 0 spiro atoms. The number of benzene rings is 2. The molecule has 1 aromatic heterocycles. The smallest absolute Gasteiger partial charge is 0.239 e. The molecule has 4 rings (SSSR count). The third kappa shape index (κ3) is 3.89. The Kier molecular flexibility index (Phi) is 5.76. The van der Waals surface area contributed by atoms with E-state index in [4.69, 9.17) is 10.7 Å². The lowest BCUT2D eigenvalue weighted by Crippen LogP contribution is -2.62. The maximum absolute atomic E-state index is 13.8. The highest BCUT2D eigenvalue weighted by Gasteiger charge is 2.50. The van der Waals surface area contributed by atoms with Crippen molar-refractivity contribution < 1.29 is 9.18 Å². The summed E-state index contributed by atoms with van der Waals surface area (Å²) in [5.74, 6) is -0.984. The van der Waals surface area contributed by atoms with Gasteiger partial charge in [0.2, 0.25) is 5.91 Å². The molecule has 0 unspecified atom stereocenters. The van der Waals surface area contributed by atoms with Gasteiger partial charge in [-0.1, -0.05) is 44.2 Å². The Morgan fingerprint density at radius 2 is 1.97 bits per heavy atom. The first-order chi connectivity index (χ1) is 15.7. The second-order valence-corrected chi connectivity index (χ2v) is 9.69. The molecule has 6 nitrogen and oxygen atoms in total. The van der Waals surface area contributed by atoms with Crippen LogP contribution in [0.1, 0.15) is 54.3 Å². The Bertz CT molecular complexity index is 1280. The zero-order valence-corrected chi connectivity index (χ0v) is 19.6. The minimum Gasteiger partial charge on any atom is -0.343 e. The Morgan fingerprint density at radius 1 is 1.27 bits per heavy atom. The van der Waals surface area contributed by atoms with Gasteiger partial charge in [0.1, 0.15) is 22.4 Å². The molecule has 1 aliphatic heterocycles. The molecular weight excluding hydrogens is 437 g/mol. The van der Waals surface area contributed by atoms with Gasteiger partial charge in [-0.3, -0.25) is 15.1 Å². The van der Waals surface area contributed by atoms with Crippen molar-refractivity contribution in [1.82, 2.24) is 15.2 Å². The number of halogens is 1. The molecule has 0 saturated carbocycles. The summed E-state index contributed by atoms with van der Waals surface area (Å²) < 4.78 is 13.8. The summed E-state index contributed by atoms with van der Waals surface area (Å²) in [6.07, 6.45) is 1.66. The van der Waals surface area contributed by atoms with E-state index in [1.165, 1.54) is 33.9 Å². The van der Waals surface area contributed by atoms with E-state index in [1.807, 2.05) is 37.3 Å². The lowest BCUT2D eigenvalue weighted by atomic mass is 9.78. The van der Waals surface area contributed by atoms with Crippen LogP contribution in [0.15, 0.2) is 48.7 Å². The number of likely N-dealkylation sites (N-methyl/N-ethyl adjacent to an activating group) is 1. The summed E-state index contributed by atoms with van der Waals surface area (Å²) in [7, 11) is 1.59. The van der Waals surface area contributed by atoms with Crippen molar-refractivity contribution in [3.63, 3.8) is 0 Å². The largest absolute Gasteiger partial charge is 0.343 e. The van der Waals surface area contributed by atoms with E-state index in [0.717, 1.165) is 10.4 Å². The predicted molar refractivity (Wildman–Crippen MR) is 126 cm³/mol. The molecular formula is C25H24FN5OS. The third-order valence-electron chi connectivity index (χ3n) is 6.13. The average molecular weight is 462 g/mol. The monoisotopic (exact) mass is 461 g/mol. The van der Waals surface area contributed by atoms with E-state index < -0.39 is 17.3 Å². The van der Waals surface area contributed by atoms with E-state index in [9.17, 15) is 9.18 Å². The highest BCUT2D eigenvalue weighted by molar-refractivity contribution is 7.15. The number of nitrogens with zero attached hydrogens (tertiary/aromatic N) is 3. The van der Waals surface area contributed by atoms with Gasteiger partial charge in [0, 0.05) is 13.2 Å². The molecule has 2 heterocycles. The Balaban J connectivity index is 1.79. The number of carbonyl (C=O) groups excluding carboxylic acids is 1. The van der Waals surface area contributed by atoms with Gasteiger partial charge in [-0.2, -0.15) is 5.26 Å². The van der Waals surface area contributed by atoms with Crippen molar-refractivity contribution >= 4 is 23.2 Å². The van der Waals surface area contributed by atoms with Crippen molar-refractivity contribution in [3.8, 4) is 16.5 Å². The second-order valence-electron chi connectivity index (χ2n) is 8.66. The van der Waals surface area contributed by atoms with E-state index in [2.05, 4.69) is 24.1 Å². The molecule has 8 heteroatoms. The van der Waals surface area contributed by atoms with Gasteiger partial charge in [0.15, 0.2) is 5.96 Å². The summed E-state index contributed by atoms with van der Waals surface area (Å²) in [5, 5.41) is 21.3. The van der Waals surface area contributed by atoms with E-state index >= 15 is 0 Å². The number of amides is 1. The van der Waals surface area contributed by atoms with Crippen LogP contribution in [0.2, 0.25) is 0 Å². The molecule has 1 fully saturated rings. The molecule has 2 aromatic carbocycles. The Hall–Kier alpha value is -3.57. The number of aromatic nitrogens is 1. The quantitative estimate of drug-likeness (QED) is 0.576. The minimum atomic E-state index is -0.957. The topological polar surface area (TPSA) is 92.9 Å². The maximum Gasteiger partial charge on any atom is 0.239 e. The van der Waals surface area contributed by atoms with E-state index in [0.29, 0.717) is 16.5 Å². The highest BCUT2D eigenvalue weighted by atomic mass is 32.1. The summed E-state index contributed by atoms with van der Waals surface area (Å²) in [4.78, 5) is 20.0. The Labute approximate surface area is 196 Å². The number of nitriles is 1. The summed E-state index contributed by atoms with van der Waals surface area (Å²) in [6.45, 7) is 6.11. The molecule has 2 atom stereocenters. The van der Waals surface area contributed by atoms with Crippen molar-refractivity contribution in [2.45, 2.75) is 38.1 Å². The molecule has 3 aromatic rings. The summed E-state index contributed by atoms with van der Waals surface area (Å²) >= 11 is 1.36. The maximum atomic E-state index is 13.8. The average Bonchev–Trinajstić information content (AvgIpc) is 3.29. The van der Waals surface area contributed by atoms with Crippen molar-refractivity contribution in [3.05, 3.63) is 76.2 Å². The van der Waals surface area contributed by atoms with E-state index in [1.54, 1.807) is 19.3 Å². The molecule has 0 radical (unpaired) electrons. The van der Waals surface area contributed by atoms with Crippen LogP contribution in [0.4, 0.5) is 4.39 Å². The normalized spacial score (nSPS) is 20.6. The number of rotatable bonds is 4. The van der Waals surface area contributed by atoms with Gasteiger partial charge in [-0.25, -0.2) is 9.37 Å². The van der Waals surface area contributed by atoms with Gasteiger partial charge < -0.3 is 5.32 Å². The number of guanidine groups is 1.